The monoisotopic (exact) mass is 453 g/mol. The van der Waals surface area contributed by atoms with Crippen LogP contribution in [0.25, 0.3) is 0 Å². The van der Waals surface area contributed by atoms with Gasteiger partial charge in [0.15, 0.2) is 0 Å². The first-order valence-electron chi connectivity index (χ1n) is 11.1. The first kappa shape index (κ1) is 24.3. The van der Waals surface area contributed by atoms with E-state index in [-0.39, 0.29) is 30.7 Å². The second kappa shape index (κ2) is 12.0. The molecule has 3 rings (SSSR count). The van der Waals surface area contributed by atoms with E-state index in [0.717, 1.165) is 5.56 Å². The second-order valence-electron chi connectivity index (χ2n) is 8.41. The van der Waals surface area contributed by atoms with E-state index in [4.69, 9.17) is 9.47 Å². The Kier molecular flexibility index (Phi) is 8.83. The van der Waals surface area contributed by atoms with Gasteiger partial charge in [0.1, 0.15) is 18.4 Å². The van der Waals surface area contributed by atoms with E-state index in [1.54, 1.807) is 23.1 Å². The van der Waals surface area contributed by atoms with Gasteiger partial charge in [-0.1, -0.05) is 50.2 Å². The van der Waals surface area contributed by atoms with Crippen LogP contribution in [0.4, 0.5) is 5.69 Å². The number of esters is 1. The van der Waals surface area contributed by atoms with Gasteiger partial charge in [0.25, 0.3) is 0 Å². The zero-order valence-corrected chi connectivity index (χ0v) is 19.1. The molecule has 0 saturated carbocycles. The molecule has 0 aromatic heterocycles. The number of amides is 2. The summed E-state index contributed by atoms with van der Waals surface area (Å²) in [4.78, 5) is 38.9. The lowest BCUT2D eigenvalue weighted by atomic mass is 10.1. The lowest BCUT2D eigenvalue weighted by Gasteiger charge is -2.33. The molecule has 8 heteroatoms. The zero-order valence-electron chi connectivity index (χ0n) is 19.1. The van der Waals surface area contributed by atoms with Gasteiger partial charge in [-0.3, -0.25) is 19.3 Å². The van der Waals surface area contributed by atoms with E-state index in [1.165, 1.54) is 0 Å². The number of benzene rings is 2. The number of ether oxygens (including phenoxy) is 2. The predicted molar refractivity (Wildman–Crippen MR) is 125 cm³/mol. The molecule has 0 bridgehead atoms. The van der Waals surface area contributed by atoms with Gasteiger partial charge in [0.05, 0.1) is 19.6 Å². The molecule has 2 amide bonds. The van der Waals surface area contributed by atoms with Gasteiger partial charge in [-0.05, 0) is 23.6 Å². The summed E-state index contributed by atoms with van der Waals surface area (Å²) in [6.45, 7) is 5.50. The first-order chi connectivity index (χ1) is 15.9. The van der Waals surface area contributed by atoms with E-state index in [9.17, 15) is 14.4 Å². The molecule has 0 aliphatic carbocycles. The van der Waals surface area contributed by atoms with Crippen LogP contribution >= 0.6 is 0 Å². The van der Waals surface area contributed by atoms with Crippen LogP contribution in [-0.2, 0) is 25.7 Å². The van der Waals surface area contributed by atoms with Crippen molar-refractivity contribution in [3.63, 3.8) is 0 Å². The van der Waals surface area contributed by atoms with Crippen molar-refractivity contribution >= 4 is 23.5 Å². The van der Waals surface area contributed by atoms with Crippen molar-refractivity contribution in [1.82, 2.24) is 10.2 Å². The van der Waals surface area contributed by atoms with Crippen LogP contribution in [0.3, 0.4) is 0 Å². The van der Waals surface area contributed by atoms with Crippen molar-refractivity contribution in [3.05, 3.63) is 60.2 Å². The van der Waals surface area contributed by atoms with Crippen LogP contribution in [0.1, 0.15) is 25.8 Å². The summed E-state index contributed by atoms with van der Waals surface area (Å²) in [5.74, 6) is -0.139. The second-order valence-corrected chi connectivity index (χ2v) is 8.41. The third-order valence-electron chi connectivity index (χ3n) is 5.09. The fourth-order valence-electron chi connectivity index (χ4n) is 3.44. The first-order valence-corrected chi connectivity index (χ1v) is 11.1. The number of anilines is 1. The summed E-state index contributed by atoms with van der Waals surface area (Å²) in [6, 6.07) is 16.2. The predicted octanol–water partition coefficient (Wildman–Crippen LogP) is 2.59. The topological polar surface area (TPSA) is 97.0 Å². The van der Waals surface area contributed by atoms with Crippen molar-refractivity contribution < 1.29 is 23.9 Å². The molecule has 1 saturated heterocycles. The smallest absolute Gasteiger partial charge is 0.307 e. The minimum Gasteiger partial charge on any atom is -0.489 e. The third-order valence-corrected chi connectivity index (χ3v) is 5.09. The van der Waals surface area contributed by atoms with E-state index in [2.05, 4.69) is 10.6 Å². The molecule has 0 radical (unpaired) electrons. The molecule has 1 atom stereocenters. The van der Waals surface area contributed by atoms with Gasteiger partial charge in [-0.2, -0.15) is 0 Å². The van der Waals surface area contributed by atoms with E-state index in [0.29, 0.717) is 37.7 Å². The minimum atomic E-state index is -0.732. The molecular weight excluding hydrogens is 422 g/mol. The molecule has 2 aromatic rings. The standard InChI is InChI=1S/C25H31N3O5/c1-18(2)16-33-24(30)14-22-25(31)26-11-12-28(22)15-23(29)27-20-9-6-10-21(13-20)32-17-19-7-4-3-5-8-19/h3-10,13,18,22H,11-12,14-17H2,1-2H3,(H,26,31)(H,27,29). The van der Waals surface area contributed by atoms with Crippen LogP contribution in [-0.4, -0.2) is 55.0 Å². The molecule has 176 valence electrons. The van der Waals surface area contributed by atoms with Crippen LogP contribution < -0.4 is 15.4 Å². The number of hydrogen-bond donors (Lipinski definition) is 2. The number of nitrogens with zero attached hydrogens (tertiary/aromatic N) is 1. The van der Waals surface area contributed by atoms with Crippen LogP contribution in [0.2, 0.25) is 0 Å². The molecule has 1 fully saturated rings. The molecule has 1 heterocycles. The average Bonchev–Trinajstić information content (AvgIpc) is 2.79. The van der Waals surface area contributed by atoms with E-state index >= 15 is 0 Å². The molecular formula is C25H31N3O5. The molecule has 0 spiro atoms. The maximum atomic E-state index is 12.7. The van der Waals surface area contributed by atoms with Crippen molar-refractivity contribution in [2.45, 2.75) is 32.9 Å². The van der Waals surface area contributed by atoms with Gasteiger partial charge in [-0.25, -0.2) is 0 Å². The summed E-state index contributed by atoms with van der Waals surface area (Å²) in [5.41, 5.74) is 1.65. The number of rotatable bonds is 10. The molecule has 2 N–H and O–H groups in total. The van der Waals surface area contributed by atoms with Crippen molar-refractivity contribution in [1.29, 1.82) is 0 Å². The summed E-state index contributed by atoms with van der Waals surface area (Å²) >= 11 is 0. The molecule has 33 heavy (non-hydrogen) atoms. The highest BCUT2D eigenvalue weighted by Gasteiger charge is 2.33. The molecule has 2 aromatic carbocycles. The molecule has 8 nitrogen and oxygen atoms in total. The van der Waals surface area contributed by atoms with Crippen molar-refractivity contribution in [2.75, 3.05) is 31.6 Å². The zero-order chi connectivity index (χ0) is 23.6. The van der Waals surface area contributed by atoms with Crippen LogP contribution in [0.15, 0.2) is 54.6 Å². The molecule has 1 aliphatic rings. The van der Waals surface area contributed by atoms with Gasteiger partial charge in [0, 0.05) is 24.8 Å². The number of nitrogens with one attached hydrogen (secondary N) is 2. The Bertz CT molecular complexity index is 948. The third kappa shape index (κ3) is 7.91. The highest BCUT2D eigenvalue weighted by molar-refractivity contribution is 5.93. The lowest BCUT2D eigenvalue weighted by Crippen LogP contribution is -2.57. The molecule has 1 unspecified atom stereocenters. The maximum Gasteiger partial charge on any atom is 0.307 e. The Balaban J connectivity index is 1.54. The summed E-state index contributed by atoms with van der Waals surface area (Å²) < 4.78 is 11.0. The quantitative estimate of drug-likeness (QED) is 0.537. The summed E-state index contributed by atoms with van der Waals surface area (Å²) in [5, 5.41) is 5.60. The highest BCUT2D eigenvalue weighted by Crippen LogP contribution is 2.19. The number of carbonyl (C=O) groups is 3. The van der Waals surface area contributed by atoms with Gasteiger partial charge >= 0.3 is 5.97 Å². The number of carbonyl (C=O) groups excluding carboxylic acids is 3. The Morgan fingerprint density at radius 3 is 2.70 bits per heavy atom. The summed E-state index contributed by atoms with van der Waals surface area (Å²) in [7, 11) is 0. The van der Waals surface area contributed by atoms with Gasteiger partial charge in [0.2, 0.25) is 11.8 Å². The largest absolute Gasteiger partial charge is 0.489 e. The van der Waals surface area contributed by atoms with E-state index in [1.807, 2.05) is 50.2 Å². The summed E-state index contributed by atoms with van der Waals surface area (Å²) in [6.07, 6.45) is -0.0886. The Morgan fingerprint density at radius 1 is 1.15 bits per heavy atom. The number of piperazine rings is 1. The van der Waals surface area contributed by atoms with Gasteiger partial charge in [-0.15, -0.1) is 0 Å². The minimum absolute atomic E-state index is 0.00928. The fraction of sp³-hybridized carbons (Fsp3) is 0.400. The fourth-order valence-corrected chi connectivity index (χ4v) is 3.44. The Labute approximate surface area is 194 Å². The Hall–Kier alpha value is -3.39. The Morgan fingerprint density at radius 2 is 1.94 bits per heavy atom. The van der Waals surface area contributed by atoms with Gasteiger partial charge < -0.3 is 20.1 Å². The van der Waals surface area contributed by atoms with Crippen LogP contribution in [0, 0.1) is 5.92 Å². The normalized spacial score (nSPS) is 16.2. The highest BCUT2D eigenvalue weighted by atomic mass is 16.5. The van der Waals surface area contributed by atoms with Crippen molar-refractivity contribution in [2.24, 2.45) is 5.92 Å². The van der Waals surface area contributed by atoms with E-state index < -0.39 is 12.0 Å². The lowest BCUT2D eigenvalue weighted by molar-refractivity contribution is -0.149. The molecule has 1 aliphatic heterocycles. The number of hydrogen-bond acceptors (Lipinski definition) is 6. The average molecular weight is 454 g/mol. The maximum absolute atomic E-state index is 12.7. The van der Waals surface area contributed by atoms with Crippen LogP contribution in [0.5, 0.6) is 5.75 Å². The van der Waals surface area contributed by atoms with Crippen molar-refractivity contribution in [3.8, 4) is 5.75 Å². The SMILES string of the molecule is CC(C)COC(=O)CC1C(=O)NCCN1CC(=O)Nc1cccc(OCc2ccccc2)c1.